The van der Waals surface area contributed by atoms with E-state index < -0.39 is 17.6 Å². The Morgan fingerprint density at radius 2 is 1.83 bits per heavy atom. The van der Waals surface area contributed by atoms with Crippen LogP contribution in [-0.4, -0.2) is 16.1 Å². The molecule has 0 fully saturated rings. The summed E-state index contributed by atoms with van der Waals surface area (Å²) in [5.41, 5.74) is 1.01. The minimum Gasteiger partial charge on any atom is -0.478 e. The highest BCUT2D eigenvalue weighted by atomic mass is 32.1. The lowest BCUT2D eigenvalue weighted by atomic mass is 10.1. The van der Waals surface area contributed by atoms with Gasteiger partial charge >= 0.3 is 5.97 Å². The fraction of sp³-hybridized carbons (Fsp3) is 0. The SMILES string of the molecule is O=C(O)c1cccc(-c2csc(Nc3c(F)cccc3F)n2)c1. The number of carbonyl (C=O) groups is 1. The van der Waals surface area contributed by atoms with Crippen LogP contribution in [0, 0.1) is 11.6 Å². The van der Waals surface area contributed by atoms with Crippen LogP contribution in [0.4, 0.5) is 19.6 Å². The Morgan fingerprint density at radius 1 is 1.13 bits per heavy atom. The van der Waals surface area contributed by atoms with E-state index in [1.54, 1.807) is 17.5 Å². The molecular formula is C16H10F2N2O2S. The molecule has 0 atom stereocenters. The van der Waals surface area contributed by atoms with Crippen LogP contribution in [0.3, 0.4) is 0 Å². The fourth-order valence-corrected chi connectivity index (χ4v) is 2.72. The zero-order valence-corrected chi connectivity index (χ0v) is 12.4. The molecule has 0 aliphatic carbocycles. The average Bonchev–Trinajstić information content (AvgIpc) is 3.00. The van der Waals surface area contributed by atoms with Gasteiger partial charge in [-0.05, 0) is 24.3 Å². The maximum Gasteiger partial charge on any atom is 0.335 e. The van der Waals surface area contributed by atoms with Gasteiger partial charge in [-0.1, -0.05) is 18.2 Å². The molecule has 1 aromatic heterocycles. The second-order valence-electron chi connectivity index (χ2n) is 4.65. The van der Waals surface area contributed by atoms with Gasteiger partial charge in [0.1, 0.15) is 17.3 Å². The highest BCUT2D eigenvalue weighted by Gasteiger charge is 2.12. The number of nitrogens with one attached hydrogen (secondary N) is 1. The molecule has 0 spiro atoms. The summed E-state index contributed by atoms with van der Waals surface area (Å²) < 4.78 is 27.2. The number of aromatic nitrogens is 1. The first-order valence-corrected chi connectivity index (χ1v) is 7.43. The van der Waals surface area contributed by atoms with Crippen LogP contribution in [-0.2, 0) is 0 Å². The van der Waals surface area contributed by atoms with E-state index in [9.17, 15) is 13.6 Å². The average molecular weight is 332 g/mol. The van der Waals surface area contributed by atoms with E-state index in [1.807, 2.05) is 0 Å². The molecule has 0 aliphatic heterocycles. The lowest BCUT2D eigenvalue weighted by Gasteiger charge is -2.05. The predicted octanol–water partition coefficient (Wildman–Crippen LogP) is 4.53. The molecule has 0 unspecified atom stereocenters. The van der Waals surface area contributed by atoms with Gasteiger partial charge in [0.25, 0.3) is 0 Å². The third-order valence-electron chi connectivity index (χ3n) is 3.10. The van der Waals surface area contributed by atoms with Gasteiger partial charge in [0.05, 0.1) is 11.3 Å². The number of nitrogens with zero attached hydrogens (tertiary/aromatic N) is 1. The van der Waals surface area contributed by atoms with Gasteiger partial charge in [0.15, 0.2) is 5.13 Å². The van der Waals surface area contributed by atoms with Crippen molar-refractivity contribution in [2.24, 2.45) is 0 Å². The van der Waals surface area contributed by atoms with Crippen molar-refractivity contribution in [2.75, 3.05) is 5.32 Å². The molecule has 7 heteroatoms. The Labute approximate surface area is 134 Å². The molecule has 2 aromatic carbocycles. The summed E-state index contributed by atoms with van der Waals surface area (Å²) in [5.74, 6) is -2.46. The van der Waals surface area contributed by atoms with Crippen LogP contribution >= 0.6 is 11.3 Å². The topological polar surface area (TPSA) is 62.2 Å². The second kappa shape index (κ2) is 6.13. The largest absolute Gasteiger partial charge is 0.478 e. The fourth-order valence-electron chi connectivity index (χ4n) is 2.00. The number of para-hydroxylation sites is 1. The quantitative estimate of drug-likeness (QED) is 0.737. The second-order valence-corrected chi connectivity index (χ2v) is 5.50. The normalized spacial score (nSPS) is 10.5. The number of aromatic carboxylic acids is 1. The molecule has 4 nitrogen and oxygen atoms in total. The summed E-state index contributed by atoms with van der Waals surface area (Å²) in [6.07, 6.45) is 0. The predicted molar refractivity (Wildman–Crippen MR) is 84.2 cm³/mol. The molecule has 116 valence electrons. The van der Waals surface area contributed by atoms with Crippen molar-refractivity contribution >= 4 is 28.1 Å². The number of rotatable bonds is 4. The lowest BCUT2D eigenvalue weighted by molar-refractivity contribution is 0.0697. The Balaban J connectivity index is 1.89. The van der Waals surface area contributed by atoms with E-state index in [0.29, 0.717) is 16.4 Å². The summed E-state index contributed by atoms with van der Waals surface area (Å²) in [6.45, 7) is 0. The molecule has 3 aromatic rings. The van der Waals surface area contributed by atoms with Crippen molar-refractivity contribution < 1.29 is 18.7 Å². The first-order chi connectivity index (χ1) is 11.0. The summed E-state index contributed by atoms with van der Waals surface area (Å²) in [4.78, 5) is 15.2. The molecule has 0 radical (unpaired) electrons. The number of hydrogen-bond donors (Lipinski definition) is 2. The Hall–Kier alpha value is -2.80. The van der Waals surface area contributed by atoms with Gasteiger partial charge < -0.3 is 10.4 Å². The van der Waals surface area contributed by atoms with E-state index >= 15 is 0 Å². The molecule has 0 amide bonds. The number of carboxylic acids is 1. The summed E-state index contributed by atoms with van der Waals surface area (Å²) >= 11 is 1.17. The Morgan fingerprint density at radius 3 is 2.52 bits per heavy atom. The standard InChI is InChI=1S/C16H10F2N2O2S/c17-11-5-2-6-12(18)14(11)20-16-19-13(8-23-16)9-3-1-4-10(7-9)15(21)22/h1-8H,(H,19,20)(H,21,22). The first-order valence-electron chi connectivity index (χ1n) is 6.55. The molecule has 0 bridgehead atoms. The van der Waals surface area contributed by atoms with E-state index in [0.717, 1.165) is 12.1 Å². The van der Waals surface area contributed by atoms with E-state index in [-0.39, 0.29) is 11.3 Å². The maximum atomic E-state index is 13.6. The summed E-state index contributed by atoms with van der Waals surface area (Å²) in [5, 5.41) is 13.6. The number of benzene rings is 2. The maximum absolute atomic E-state index is 13.6. The van der Waals surface area contributed by atoms with E-state index in [4.69, 9.17) is 5.11 Å². The minimum absolute atomic E-state index is 0.144. The van der Waals surface area contributed by atoms with Crippen molar-refractivity contribution in [3.63, 3.8) is 0 Å². The van der Waals surface area contributed by atoms with Gasteiger partial charge in [0, 0.05) is 10.9 Å². The van der Waals surface area contributed by atoms with Crippen molar-refractivity contribution in [3.8, 4) is 11.3 Å². The zero-order valence-electron chi connectivity index (χ0n) is 11.6. The lowest BCUT2D eigenvalue weighted by Crippen LogP contribution is -1.97. The Bertz CT molecular complexity index is 860. The number of thiazole rings is 1. The number of halogens is 2. The van der Waals surface area contributed by atoms with Gasteiger partial charge in [0.2, 0.25) is 0 Å². The molecular weight excluding hydrogens is 322 g/mol. The smallest absolute Gasteiger partial charge is 0.335 e. The minimum atomic E-state index is -1.03. The summed E-state index contributed by atoms with van der Waals surface area (Å²) in [6, 6.07) is 9.88. The molecule has 0 saturated heterocycles. The van der Waals surface area contributed by atoms with Gasteiger partial charge in [-0.25, -0.2) is 18.6 Å². The third kappa shape index (κ3) is 3.19. The van der Waals surface area contributed by atoms with Crippen LogP contribution in [0.5, 0.6) is 0 Å². The van der Waals surface area contributed by atoms with Crippen molar-refractivity contribution in [3.05, 3.63) is 65.0 Å². The Kier molecular flexibility index (Phi) is 4.03. The molecule has 0 saturated carbocycles. The van der Waals surface area contributed by atoms with Gasteiger partial charge in [-0.2, -0.15) is 0 Å². The van der Waals surface area contributed by atoms with Crippen molar-refractivity contribution in [2.45, 2.75) is 0 Å². The van der Waals surface area contributed by atoms with Crippen LogP contribution in [0.2, 0.25) is 0 Å². The highest BCUT2D eigenvalue weighted by molar-refractivity contribution is 7.14. The van der Waals surface area contributed by atoms with E-state index in [2.05, 4.69) is 10.3 Å². The molecule has 1 heterocycles. The zero-order chi connectivity index (χ0) is 16.4. The third-order valence-corrected chi connectivity index (χ3v) is 3.86. The molecule has 0 aliphatic rings. The first kappa shape index (κ1) is 15.1. The highest BCUT2D eigenvalue weighted by Crippen LogP contribution is 2.29. The molecule has 3 rings (SSSR count). The monoisotopic (exact) mass is 332 g/mol. The van der Waals surface area contributed by atoms with Gasteiger partial charge in [-0.3, -0.25) is 0 Å². The van der Waals surface area contributed by atoms with Crippen LogP contribution in [0.25, 0.3) is 11.3 Å². The molecule has 23 heavy (non-hydrogen) atoms. The van der Waals surface area contributed by atoms with Gasteiger partial charge in [-0.15, -0.1) is 11.3 Å². The molecule has 2 N–H and O–H groups in total. The number of carboxylic acid groups (broad SMARTS) is 1. The van der Waals surface area contributed by atoms with Crippen molar-refractivity contribution in [1.82, 2.24) is 4.98 Å². The number of anilines is 2. The van der Waals surface area contributed by atoms with Crippen LogP contribution in [0.1, 0.15) is 10.4 Å². The van der Waals surface area contributed by atoms with E-state index in [1.165, 1.54) is 29.5 Å². The van der Waals surface area contributed by atoms with Crippen LogP contribution < -0.4 is 5.32 Å². The van der Waals surface area contributed by atoms with Crippen molar-refractivity contribution in [1.29, 1.82) is 0 Å². The number of hydrogen-bond acceptors (Lipinski definition) is 4. The van der Waals surface area contributed by atoms with Crippen LogP contribution in [0.15, 0.2) is 47.8 Å². The summed E-state index contributed by atoms with van der Waals surface area (Å²) in [7, 11) is 0.